The van der Waals surface area contributed by atoms with Gasteiger partial charge in [-0.1, -0.05) is 12.1 Å². The highest BCUT2D eigenvalue weighted by Gasteiger charge is 2.37. The van der Waals surface area contributed by atoms with Crippen LogP contribution in [-0.2, 0) is 19.2 Å². The molecule has 31 heavy (non-hydrogen) atoms. The Morgan fingerprint density at radius 3 is 2.29 bits per heavy atom. The zero-order chi connectivity index (χ0) is 23.7. The average Bonchev–Trinajstić information content (AvgIpc) is 2.72. The number of carbonyl (C=O) groups is 5. The first kappa shape index (κ1) is 26.2. The monoisotopic (exact) mass is 520 g/mol. The summed E-state index contributed by atoms with van der Waals surface area (Å²) >= 11 is 6.93. The third-order valence-corrected chi connectivity index (χ3v) is 4.95. The summed E-state index contributed by atoms with van der Waals surface area (Å²) in [5.41, 5.74) is 5.35. The number of halogens is 1. The molecule has 0 fully saturated rings. The number of thiol groups is 1. The van der Waals surface area contributed by atoms with Gasteiger partial charge in [0.15, 0.2) is 0 Å². The van der Waals surface area contributed by atoms with Crippen LogP contribution < -0.4 is 15.0 Å². The Morgan fingerprint density at radius 2 is 1.77 bits per heavy atom. The molecule has 0 aliphatic rings. The maximum Gasteiger partial charge on any atom is 0.342 e. The third kappa shape index (κ3) is 7.41. The van der Waals surface area contributed by atoms with Gasteiger partial charge in [0, 0.05) is 12.2 Å². The molecule has 14 heteroatoms. The van der Waals surface area contributed by atoms with Gasteiger partial charge in [0.1, 0.15) is 24.4 Å². The van der Waals surface area contributed by atoms with Crippen LogP contribution in [0.3, 0.4) is 0 Å². The lowest BCUT2D eigenvalue weighted by Crippen LogP contribution is -2.56. The number of nitrogens with one attached hydrogen (secondary N) is 1. The van der Waals surface area contributed by atoms with E-state index in [1.165, 1.54) is 24.3 Å². The normalized spacial score (nSPS) is 12.4. The van der Waals surface area contributed by atoms with Crippen LogP contribution in [0.5, 0.6) is 5.75 Å². The maximum atomic E-state index is 13.1. The number of para-hydroxylation sites is 2. The number of carboxylic acid groups (broad SMARTS) is 2. The van der Waals surface area contributed by atoms with E-state index in [0.29, 0.717) is 4.90 Å². The van der Waals surface area contributed by atoms with Gasteiger partial charge < -0.3 is 26.4 Å². The summed E-state index contributed by atoms with van der Waals surface area (Å²) in [4.78, 5) is 60.4. The molecular formula is C17H21BrN4O8S. The predicted octanol–water partition coefficient (Wildman–Crippen LogP) is 0.148. The van der Waals surface area contributed by atoms with Crippen LogP contribution in [0.25, 0.3) is 0 Å². The molecule has 1 aromatic rings. The van der Waals surface area contributed by atoms with Gasteiger partial charge in [0.05, 0.1) is 21.8 Å². The Bertz CT molecular complexity index is 855. The quantitative estimate of drug-likeness (QED) is 0.184. The molecule has 0 aliphatic heterocycles. The van der Waals surface area contributed by atoms with Gasteiger partial charge in [0.25, 0.3) is 0 Å². The Balaban J connectivity index is 3.24. The molecule has 170 valence electrons. The molecule has 2 atom stereocenters. The summed E-state index contributed by atoms with van der Waals surface area (Å²) in [7, 11) is 0. The first-order chi connectivity index (χ1) is 14.5. The van der Waals surface area contributed by atoms with Crippen LogP contribution in [0.2, 0.25) is 0 Å². The number of carbonyl (C=O) groups excluding carboxylic acids is 3. The largest absolute Gasteiger partial charge is 0.506 e. The highest BCUT2D eigenvalue weighted by molar-refractivity contribution is 9.10. The minimum Gasteiger partial charge on any atom is -0.506 e. The van der Waals surface area contributed by atoms with E-state index in [1.807, 2.05) is 0 Å². The molecule has 0 saturated heterocycles. The van der Waals surface area contributed by atoms with E-state index in [9.17, 15) is 29.1 Å². The number of phenolic OH excluding ortho intramolecular Hbond substituents is 1. The highest BCUT2D eigenvalue weighted by atomic mass is 79.9. The lowest BCUT2D eigenvalue weighted by atomic mass is 10.1. The molecule has 4 amide bonds. The molecule has 2 unspecified atom stereocenters. The minimum absolute atomic E-state index is 0.0450. The van der Waals surface area contributed by atoms with Gasteiger partial charge in [-0.2, -0.15) is 12.6 Å². The van der Waals surface area contributed by atoms with Crippen molar-refractivity contribution in [2.24, 2.45) is 5.73 Å². The molecule has 0 radical (unpaired) electrons. The van der Waals surface area contributed by atoms with Crippen molar-refractivity contribution in [3.8, 4) is 5.75 Å². The molecule has 0 saturated carbocycles. The number of amides is 4. The van der Waals surface area contributed by atoms with Crippen LogP contribution >= 0.6 is 28.8 Å². The topological polar surface area (TPSA) is 191 Å². The van der Waals surface area contributed by atoms with Gasteiger partial charge in [-0.3, -0.25) is 19.2 Å². The first-order valence-corrected chi connectivity index (χ1v) is 10.0. The molecule has 0 bridgehead atoms. The van der Waals surface area contributed by atoms with Crippen molar-refractivity contribution in [2.75, 3.05) is 16.2 Å². The van der Waals surface area contributed by atoms with Crippen LogP contribution in [0, 0.1) is 0 Å². The molecule has 0 spiro atoms. The summed E-state index contributed by atoms with van der Waals surface area (Å²) in [6.45, 7) is -0.763. The van der Waals surface area contributed by atoms with Crippen molar-refractivity contribution in [1.82, 2.24) is 10.2 Å². The number of phenols is 1. The number of hydrogen-bond donors (Lipinski definition) is 6. The molecular weight excluding hydrogens is 500 g/mol. The highest BCUT2D eigenvalue weighted by Crippen LogP contribution is 2.30. The summed E-state index contributed by atoms with van der Waals surface area (Å²) in [5, 5.41) is 29.7. The summed E-state index contributed by atoms with van der Waals surface area (Å²) < 4.78 is 0.734. The fourth-order valence-electron chi connectivity index (χ4n) is 2.33. The van der Waals surface area contributed by atoms with Crippen LogP contribution in [-0.4, -0.2) is 74.4 Å². The molecule has 0 aliphatic carbocycles. The van der Waals surface area contributed by atoms with Crippen molar-refractivity contribution in [2.45, 2.75) is 24.9 Å². The van der Waals surface area contributed by atoms with Gasteiger partial charge in [-0.25, -0.2) is 13.6 Å². The number of rotatable bonds is 10. The zero-order valence-corrected chi connectivity index (χ0v) is 18.5. The molecule has 0 aromatic heterocycles. The Kier molecular flexibility index (Phi) is 10.2. The summed E-state index contributed by atoms with van der Waals surface area (Å²) in [5.74, 6) is -5.31. The van der Waals surface area contributed by atoms with E-state index < -0.39 is 54.8 Å². The lowest BCUT2D eigenvalue weighted by Gasteiger charge is -2.31. The number of aliphatic carboxylic acids is 2. The number of benzene rings is 1. The smallest absolute Gasteiger partial charge is 0.342 e. The molecule has 6 N–H and O–H groups in total. The van der Waals surface area contributed by atoms with Gasteiger partial charge in [0.2, 0.25) is 11.8 Å². The number of carboxylic acids is 2. The van der Waals surface area contributed by atoms with Crippen LogP contribution in [0.15, 0.2) is 24.3 Å². The third-order valence-electron chi connectivity index (χ3n) is 3.92. The van der Waals surface area contributed by atoms with E-state index in [2.05, 4.69) is 34.1 Å². The minimum atomic E-state index is -1.53. The molecule has 1 aromatic carbocycles. The number of hydrogen-bond acceptors (Lipinski definition) is 8. The molecule has 12 nitrogen and oxygen atoms in total. The van der Waals surface area contributed by atoms with E-state index in [1.54, 1.807) is 0 Å². The number of nitrogens with two attached hydrogens (primary N) is 1. The maximum absolute atomic E-state index is 13.1. The molecule has 1 rings (SSSR count). The SMILES string of the molecule is NC(CCC(=O)N(C(=O)N(Br)c1ccccc1O)C(CS)C(=O)NCC(=O)O)C(=O)O. The number of nitrogens with zero attached hydrogens (tertiary/aromatic N) is 2. The number of imide groups is 1. The van der Waals surface area contributed by atoms with Gasteiger partial charge >= 0.3 is 18.0 Å². The molecule has 0 heterocycles. The summed E-state index contributed by atoms with van der Waals surface area (Å²) in [6.07, 6.45) is -0.829. The summed E-state index contributed by atoms with van der Waals surface area (Å²) in [6, 6.07) is 1.63. The fraction of sp³-hybridized carbons (Fsp3) is 0.353. The predicted molar refractivity (Wildman–Crippen MR) is 115 cm³/mol. The number of urea groups is 1. The number of anilines is 1. The van der Waals surface area contributed by atoms with Gasteiger partial charge in [-0.05, 0) is 18.6 Å². The average molecular weight is 521 g/mol. The fourth-order valence-corrected chi connectivity index (χ4v) is 3.13. The van der Waals surface area contributed by atoms with Crippen LogP contribution in [0.1, 0.15) is 12.8 Å². The zero-order valence-electron chi connectivity index (χ0n) is 16.0. The standard InChI is InChI=1S/C17H21BrN4O8S/c18-22(10-3-1-2-4-12(10)23)17(30)21(13(24)6-5-9(19)16(28)29)11(8-31)15(27)20-7-14(25)26/h1-4,9,11,23,31H,5-8,19H2,(H,20,27)(H,25,26)(H,28,29). The first-order valence-electron chi connectivity index (χ1n) is 8.69. The van der Waals surface area contributed by atoms with Gasteiger partial charge in [-0.15, -0.1) is 0 Å². The van der Waals surface area contributed by atoms with E-state index >= 15 is 0 Å². The van der Waals surface area contributed by atoms with E-state index in [-0.39, 0.29) is 23.6 Å². The van der Waals surface area contributed by atoms with E-state index in [0.717, 1.165) is 3.93 Å². The number of aromatic hydroxyl groups is 1. The second-order valence-corrected chi connectivity index (χ2v) is 7.18. The Morgan fingerprint density at radius 1 is 1.16 bits per heavy atom. The van der Waals surface area contributed by atoms with Crippen molar-refractivity contribution in [3.63, 3.8) is 0 Å². The van der Waals surface area contributed by atoms with Crippen molar-refractivity contribution < 1.29 is 39.3 Å². The van der Waals surface area contributed by atoms with Crippen molar-refractivity contribution in [1.29, 1.82) is 0 Å². The van der Waals surface area contributed by atoms with Crippen LogP contribution in [0.4, 0.5) is 10.5 Å². The second-order valence-electron chi connectivity index (χ2n) is 6.11. The lowest BCUT2D eigenvalue weighted by molar-refractivity contribution is -0.140. The Labute approximate surface area is 190 Å². The Hall–Kier alpha value is -2.84. The van der Waals surface area contributed by atoms with Crippen molar-refractivity contribution >= 4 is 64.2 Å². The van der Waals surface area contributed by atoms with E-state index in [4.69, 9.17) is 15.9 Å². The second kappa shape index (κ2) is 12.1. The van der Waals surface area contributed by atoms with Crippen molar-refractivity contribution in [3.05, 3.63) is 24.3 Å².